The molecule has 0 unspecified atom stereocenters. The third-order valence-electron chi connectivity index (χ3n) is 3.68. The summed E-state index contributed by atoms with van der Waals surface area (Å²) in [5, 5.41) is 0. The Kier molecular flexibility index (Phi) is 10.7. The molecular formula is C23H32O4. The van der Waals surface area contributed by atoms with Gasteiger partial charge in [0, 0.05) is 5.41 Å². The van der Waals surface area contributed by atoms with Crippen LogP contribution in [0.25, 0.3) is 5.57 Å². The van der Waals surface area contributed by atoms with Gasteiger partial charge in [0.2, 0.25) is 0 Å². The summed E-state index contributed by atoms with van der Waals surface area (Å²) in [5.74, 6) is -0.892. The predicted octanol–water partition coefficient (Wildman–Crippen LogP) is 5.60. The van der Waals surface area contributed by atoms with E-state index in [0.29, 0.717) is 22.3 Å². The Morgan fingerprint density at radius 2 is 1.33 bits per heavy atom. The molecule has 0 amide bonds. The third-order valence-corrected chi connectivity index (χ3v) is 3.68. The quantitative estimate of drug-likeness (QED) is 0.648. The van der Waals surface area contributed by atoms with Gasteiger partial charge < -0.3 is 9.47 Å². The van der Waals surface area contributed by atoms with Crippen molar-refractivity contribution in [1.82, 2.24) is 0 Å². The van der Waals surface area contributed by atoms with Gasteiger partial charge in [-0.3, -0.25) is 0 Å². The van der Waals surface area contributed by atoms with Crippen molar-refractivity contribution in [3.63, 3.8) is 0 Å². The van der Waals surface area contributed by atoms with E-state index >= 15 is 0 Å². The van der Waals surface area contributed by atoms with Crippen molar-refractivity contribution in [2.24, 2.45) is 5.41 Å². The summed E-state index contributed by atoms with van der Waals surface area (Å²) in [5.41, 5.74) is 1.88. The van der Waals surface area contributed by atoms with Gasteiger partial charge in [-0.05, 0) is 17.2 Å². The molecule has 4 nitrogen and oxygen atoms in total. The maximum Gasteiger partial charge on any atom is 0.338 e. The third kappa shape index (κ3) is 6.55. The fourth-order valence-electron chi connectivity index (χ4n) is 2.36. The summed E-state index contributed by atoms with van der Waals surface area (Å²) in [6.07, 6.45) is 7.52. The smallest absolute Gasteiger partial charge is 0.338 e. The van der Waals surface area contributed by atoms with Crippen LogP contribution >= 0.6 is 0 Å². The van der Waals surface area contributed by atoms with Gasteiger partial charge in [-0.25, -0.2) is 9.59 Å². The average molecular weight is 373 g/mol. The number of hydrogen-bond acceptors (Lipinski definition) is 4. The zero-order chi connectivity index (χ0) is 21.0. The Balaban J connectivity index is 0.00000158. The number of carbonyl (C=O) groups excluding carboxylic acids is 2. The largest absolute Gasteiger partial charge is 0.465 e. The molecule has 0 radical (unpaired) electrons. The molecular weight excluding hydrogens is 340 g/mol. The van der Waals surface area contributed by atoms with Gasteiger partial charge in [0.25, 0.3) is 0 Å². The van der Waals surface area contributed by atoms with Crippen LogP contribution in [-0.4, -0.2) is 26.2 Å². The number of esters is 2. The minimum absolute atomic E-state index is 0.207. The topological polar surface area (TPSA) is 52.6 Å². The van der Waals surface area contributed by atoms with E-state index in [0.717, 1.165) is 0 Å². The minimum atomic E-state index is -0.446. The highest BCUT2D eigenvalue weighted by atomic mass is 16.5. The minimum Gasteiger partial charge on any atom is -0.465 e. The number of rotatable bonds is 3. The maximum absolute atomic E-state index is 12.2. The lowest BCUT2D eigenvalue weighted by atomic mass is 9.92. The zero-order valence-electron chi connectivity index (χ0n) is 17.8. The molecule has 0 bridgehead atoms. The van der Waals surface area contributed by atoms with E-state index in [1.807, 2.05) is 65.8 Å². The average Bonchev–Trinajstić information content (AvgIpc) is 2.88. The van der Waals surface area contributed by atoms with Gasteiger partial charge in [-0.15, -0.1) is 0 Å². The summed E-state index contributed by atoms with van der Waals surface area (Å²) in [6.45, 7) is 12.1. The summed E-state index contributed by atoms with van der Waals surface area (Å²) in [7, 11) is 2.67. The summed E-state index contributed by atoms with van der Waals surface area (Å²) >= 11 is 0. The number of benzene rings is 1. The number of allylic oxidation sites excluding steroid dienone is 4. The first-order valence-electron chi connectivity index (χ1n) is 9.28. The highest BCUT2D eigenvalue weighted by Crippen LogP contribution is 2.32. The molecule has 0 aromatic heterocycles. The predicted molar refractivity (Wildman–Crippen MR) is 111 cm³/mol. The van der Waals surface area contributed by atoms with Crippen LogP contribution < -0.4 is 0 Å². The second-order valence-electron chi connectivity index (χ2n) is 5.84. The molecule has 27 heavy (non-hydrogen) atoms. The molecule has 0 aliphatic heterocycles. The molecule has 0 atom stereocenters. The lowest BCUT2D eigenvalue weighted by Crippen LogP contribution is -2.09. The van der Waals surface area contributed by atoms with Crippen molar-refractivity contribution in [1.29, 1.82) is 0 Å². The molecule has 148 valence electrons. The molecule has 1 aromatic rings. The SMILES string of the molecule is CC.CC.COC(=O)C1=C(c2ccccc2C(=O)OC)C=CC(C)(C)C=C1. The molecule has 0 spiro atoms. The Morgan fingerprint density at radius 1 is 0.815 bits per heavy atom. The molecule has 2 rings (SSSR count). The van der Waals surface area contributed by atoms with Crippen LogP contribution in [0.3, 0.4) is 0 Å². The van der Waals surface area contributed by atoms with Crippen LogP contribution in [-0.2, 0) is 14.3 Å². The van der Waals surface area contributed by atoms with Crippen molar-refractivity contribution in [3.8, 4) is 0 Å². The second-order valence-corrected chi connectivity index (χ2v) is 5.84. The molecule has 1 aromatic carbocycles. The van der Waals surface area contributed by atoms with Crippen LogP contribution in [0.4, 0.5) is 0 Å². The van der Waals surface area contributed by atoms with Gasteiger partial charge >= 0.3 is 11.9 Å². The van der Waals surface area contributed by atoms with Gasteiger partial charge in [0.15, 0.2) is 0 Å². The van der Waals surface area contributed by atoms with E-state index in [2.05, 4.69) is 0 Å². The van der Waals surface area contributed by atoms with E-state index in [1.165, 1.54) is 14.2 Å². The molecule has 0 fully saturated rings. The van der Waals surface area contributed by atoms with Crippen molar-refractivity contribution in [2.45, 2.75) is 41.5 Å². The monoisotopic (exact) mass is 372 g/mol. The fourth-order valence-corrected chi connectivity index (χ4v) is 2.36. The van der Waals surface area contributed by atoms with E-state index in [1.54, 1.807) is 24.3 Å². The number of ether oxygens (including phenoxy) is 2. The van der Waals surface area contributed by atoms with Crippen LogP contribution in [0.5, 0.6) is 0 Å². The van der Waals surface area contributed by atoms with Crippen molar-refractivity contribution in [2.75, 3.05) is 14.2 Å². The molecule has 0 N–H and O–H groups in total. The van der Waals surface area contributed by atoms with Gasteiger partial charge in [-0.1, -0.05) is 84.0 Å². The summed E-state index contributed by atoms with van der Waals surface area (Å²) in [4.78, 5) is 24.2. The fraction of sp³-hybridized carbons (Fsp3) is 0.391. The van der Waals surface area contributed by atoms with Crippen LogP contribution in [0.2, 0.25) is 0 Å². The van der Waals surface area contributed by atoms with Crippen molar-refractivity contribution < 1.29 is 19.1 Å². The first-order valence-corrected chi connectivity index (χ1v) is 9.28. The lowest BCUT2D eigenvalue weighted by molar-refractivity contribution is -0.135. The van der Waals surface area contributed by atoms with E-state index < -0.39 is 11.9 Å². The molecule has 1 aliphatic carbocycles. The molecule has 0 saturated heterocycles. The van der Waals surface area contributed by atoms with Crippen LogP contribution in [0.1, 0.15) is 57.5 Å². The van der Waals surface area contributed by atoms with Crippen molar-refractivity contribution >= 4 is 17.5 Å². The molecule has 0 saturated carbocycles. The van der Waals surface area contributed by atoms with Crippen molar-refractivity contribution in [3.05, 3.63) is 65.3 Å². The standard InChI is InChI=1S/C19H20O4.2C2H6/c1-19(2)11-9-14(16(10-12-19)18(21)23-4)13-7-5-6-8-15(13)17(20)22-3;2*1-2/h5-12H,1-4H3;2*1-2H3. The zero-order valence-corrected chi connectivity index (χ0v) is 17.8. The summed E-state index contributed by atoms with van der Waals surface area (Å²) < 4.78 is 9.74. The second kappa shape index (κ2) is 11.9. The Bertz CT molecular complexity index is 722. The highest BCUT2D eigenvalue weighted by molar-refractivity contribution is 6.06. The number of hydrogen-bond donors (Lipinski definition) is 0. The number of methoxy groups -OCH3 is 2. The van der Waals surface area contributed by atoms with E-state index in [9.17, 15) is 9.59 Å². The Hall–Kier alpha value is -2.62. The molecule has 1 aliphatic rings. The van der Waals surface area contributed by atoms with Crippen LogP contribution in [0.15, 0.2) is 54.1 Å². The first-order chi connectivity index (χ1) is 12.9. The van der Waals surface area contributed by atoms with E-state index in [-0.39, 0.29) is 5.41 Å². The Morgan fingerprint density at radius 3 is 1.89 bits per heavy atom. The summed E-state index contributed by atoms with van der Waals surface area (Å²) in [6, 6.07) is 7.04. The van der Waals surface area contributed by atoms with Gasteiger partial charge in [0.05, 0.1) is 25.4 Å². The van der Waals surface area contributed by atoms with E-state index in [4.69, 9.17) is 9.47 Å². The normalized spacial score (nSPS) is 14.1. The molecule has 4 heteroatoms. The lowest BCUT2D eigenvalue weighted by Gasteiger charge is -2.13. The Labute approximate surface area is 163 Å². The first kappa shape index (κ1) is 24.4. The van der Waals surface area contributed by atoms with Gasteiger partial charge in [0.1, 0.15) is 0 Å². The molecule has 0 heterocycles. The maximum atomic E-state index is 12.2. The number of carbonyl (C=O) groups is 2. The highest BCUT2D eigenvalue weighted by Gasteiger charge is 2.22. The van der Waals surface area contributed by atoms with Gasteiger partial charge in [-0.2, -0.15) is 0 Å². The van der Waals surface area contributed by atoms with Crippen LogP contribution in [0, 0.1) is 5.41 Å².